The number of hydrogen-bond acceptors (Lipinski definition) is 1. The van der Waals surface area contributed by atoms with Crippen molar-refractivity contribution in [1.82, 2.24) is 5.32 Å². The van der Waals surface area contributed by atoms with E-state index in [-0.39, 0.29) is 0 Å². The summed E-state index contributed by atoms with van der Waals surface area (Å²) in [5, 5.41) is 3.64. The zero-order valence-electron chi connectivity index (χ0n) is 12.4. The molecule has 0 radical (unpaired) electrons. The van der Waals surface area contributed by atoms with Gasteiger partial charge in [-0.05, 0) is 39.8 Å². The first kappa shape index (κ1) is 16.1. The molecule has 0 saturated heterocycles. The molecule has 0 bridgehead atoms. The molecule has 2 atom stereocenters. The van der Waals surface area contributed by atoms with Gasteiger partial charge >= 0.3 is 0 Å². The van der Waals surface area contributed by atoms with Crippen molar-refractivity contribution in [3.05, 3.63) is 11.3 Å². The molecule has 0 spiro atoms. The maximum absolute atomic E-state index is 3.64. The zero-order chi connectivity index (χ0) is 12.8. The Labute approximate surface area is 105 Å². The van der Waals surface area contributed by atoms with Gasteiger partial charge in [0, 0.05) is 13.6 Å². The average molecular weight is 258 g/mol. The van der Waals surface area contributed by atoms with E-state index < -0.39 is 15.9 Å². The van der Waals surface area contributed by atoms with Gasteiger partial charge in [-0.3, -0.25) is 0 Å². The quantitative estimate of drug-likeness (QED) is 0.688. The fourth-order valence-corrected chi connectivity index (χ4v) is 10.1. The van der Waals surface area contributed by atoms with Gasteiger partial charge in [-0.1, -0.05) is 32.1 Å². The summed E-state index contributed by atoms with van der Waals surface area (Å²) in [7, 11) is -1.54. The van der Waals surface area contributed by atoms with Gasteiger partial charge in [0.1, 0.15) is 0 Å². The van der Waals surface area contributed by atoms with Gasteiger partial charge in [0.15, 0.2) is 0 Å². The molecule has 0 saturated carbocycles. The van der Waals surface area contributed by atoms with Crippen LogP contribution in [0, 0.1) is 0 Å². The molecular weight excluding hydrogens is 226 g/mol. The molecular formula is C13H31NSi2. The average Bonchev–Trinajstić information content (AvgIpc) is 2.13. The second kappa shape index (κ2) is 7.46. The highest BCUT2D eigenvalue weighted by atomic mass is 29.2. The van der Waals surface area contributed by atoms with E-state index in [2.05, 4.69) is 58.4 Å². The highest BCUT2D eigenvalue weighted by molar-refractivity contribution is 7.33. The summed E-state index contributed by atoms with van der Waals surface area (Å²) in [5.74, 6) is 0. The van der Waals surface area contributed by atoms with Crippen LogP contribution in [-0.4, -0.2) is 28.5 Å². The molecule has 0 rings (SSSR count). The smallest absolute Gasteiger partial charge is 0.0564 e. The minimum atomic E-state index is -0.909. The van der Waals surface area contributed by atoms with E-state index in [4.69, 9.17) is 0 Å². The maximum Gasteiger partial charge on any atom is 0.0564 e. The molecule has 96 valence electrons. The Morgan fingerprint density at radius 3 is 2.25 bits per heavy atom. The van der Waals surface area contributed by atoms with Gasteiger partial charge in [-0.15, -0.1) is 5.70 Å². The summed E-state index contributed by atoms with van der Waals surface area (Å²) in [5.41, 5.74) is 4.16. The van der Waals surface area contributed by atoms with Crippen molar-refractivity contribution in [2.24, 2.45) is 0 Å². The third kappa shape index (κ3) is 7.41. The van der Waals surface area contributed by atoms with Gasteiger partial charge in [-0.25, -0.2) is 0 Å². The molecule has 1 nitrogen and oxygen atoms in total. The minimum absolute atomic E-state index is 0.636. The third-order valence-corrected chi connectivity index (χ3v) is 15.5. The first-order valence-electron chi connectivity index (χ1n) is 6.65. The molecule has 2 unspecified atom stereocenters. The van der Waals surface area contributed by atoms with Crippen LogP contribution in [-0.2, 0) is 0 Å². The Hall–Kier alpha value is 0.134. The second-order valence-corrected chi connectivity index (χ2v) is 20.5. The highest BCUT2D eigenvalue weighted by Gasteiger charge is 2.25. The lowest BCUT2D eigenvalue weighted by Gasteiger charge is -2.26. The monoisotopic (exact) mass is 257 g/mol. The summed E-state index contributed by atoms with van der Waals surface area (Å²) in [6.07, 6.45) is 1.24. The predicted molar refractivity (Wildman–Crippen MR) is 82.5 cm³/mol. The summed E-state index contributed by atoms with van der Waals surface area (Å²) >= 11 is 0. The van der Waals surface area contributed by atoms with Gasteiger partial charge in [-0.2, -0.15) is 0 Å². The van der Waals surface area contributed by atoms with Crippen molar-refractivity contribution in [3.8, 4) is 0 Å². The largest absolute Gasteiger partial charge is 0.315 e. The van der Waals surface area contributed by atoms with E-state index in [1.54, 1.807) is 0 Å². The van der Waals surface area contributed by atoms with Crippen molar-refractivity contribution in [3.63, 3.8) is 0 Å². The van der Waals surface area contributed by atoms with E-state index >= 15 is 0 Å². The Kier molecular flexibility index (Phi) is 7.52. The van der Waals surface area contributed by atoms with Crippen LogP contribution in [0.1, 0.15) is 34.1 Å². The van der Waals surface area contributed by atoms with Crippen LogP contribution in [0.2, 0.25) is 25.7 Å². The van der Waals surface area contributed by atoms with Gasteiger partial charge in [0.2, 0.25) is 0 Å². The van der Waals surface area contributed by atoms with Crippen molar-refractivity contribution >= 4 is 15.9 Å². The number of rotatable bonds is 7. The second-order valence-electron chi connectivity index (χ2n) is 6.27. The summed E-state index contributed by atoms with van der Waals surface area (Å²) in [4.78, 5) is 0. The lowest BCUT2D eigenvalue weighted by atomic mass is 10.3. The van der Waals surface area contributed by atoms with Crippen molar-refractivity contribution in [2.75, 3.05) is 6.54 Å². The maximum atomic E-state index is 3.64. The van der Waals surface area contributed by atoms with Crippen LogP contribution < -0.4 is 5.32 Å². The van der Waals surface area contributed by atoms with Crippen molar-refractivity contribution < 1.29 is 0 Å². The molecule has 0 heterocycles. The molecule has 0 aromatic rings. The lowest BCUT2D eigenvalue weighted by Crippen LogP contribution is -2.44. The van der Waals surface area contributed by atoms with E-state index in [0.717, 1.165) is 0 Å². The van der Waals surface area contributed by atoms with Crippen LogP contribution in [0.5, 0.6) is 0 Å². The summed E-state index contributed by atoms with van der Waals surface area (Å²) in [6.45, 7) is 17.9. The van der Waals surface area contributed by atoms with Crippen LogP contribution >= 0.6 is 0 Å². The van der Waals surface area contributed by atoms with Crippen molar-refractivity contribution in [1.29, 1.82) is 0 Å². The van der Waals surface area contributed by atoms with E-state index in [9.17, 15) is 0 Å². The summed E-state index contributed by atoms with van der Waals surface area (Å²) in [6, 6.07) is 2.12. The lowest BCUT2D eigenvalue weighted by molar-refractivity contribution is 0.552. The Bertz CT molecular complexity index is 214. The first-order valence-corrected chi connectivity index (χ1v) is 13.4. The molecule has 0 aliphatic rings. The van der Waals surface area contributed by atoms with Gasteiger partial charge in [0.05, 0.1) is 8.31 Å². The summed E-state index contributed by atoms with van der Waals surface area (Å²) < 4.78 is 0. The fraction of sp³-hybridized carbons (Fsp3) is 0.846. The Balaban J connectivity index is 4.20. The minimum Gasteiger partial charge on any atom is -0.315 e. The third-order valence-electron chi connectivity index (χ3n) is 3.21. The Morgan fingerprint density at radius 1 is 1.31 bits per heavy atom. The van der Waals surface area contributed by atoms with E-state index in [1.165, 1.54) is 24.6 Å². The molecule has 0 aliphatic carbocycles. The van der Waals surface area contributed by atoms with Gasteiger partial charge < -0.3 is 5.32 Å². The molecule has 1 N–H and O–H groups in total. The Morgan fingerprint density at radius 2 is 1.88 bits per heavy atom. The van der Waals surface area contributed by atoms with E-state index in [0.29, 0.717) is 6.04 Å². The topological polar surface area (TPSA) is 12.0 Å². The first-order chi connectivity index (χ1) is 7.27. The predicted octanol–water partition coefficient (Wildman–Crippen LogP) is 3.52. The number of allylic oxidation sites excluding steroid dienone is 1. The van der Waals surface area contributed by atoms with Gasteiger partial charge in [0.25, 0.3) is 0 Å². The molecule has 0 fully saturated rings. The molecule has 3 heteroatoms. The SMILES string of the molecule is CCC(C)NCC[SiH](C=C(C)C)[Si](C)(C)C. The van der Waals surface area contributed by atoms with Crippen LogP contribution in [0.15, 0.2) is 11.3 Å². The van der Waals surface area contributed by atoms with Crippen LogP contribution in [0.4, 0.5) is 0 Å². The molecule has 16 heavy (non-hydrogen) atoms. The number of nitrogens with one attached hydrogen (secondary N) is 1. The number of hydrogen-bond donors (Lipinski definition) is 1. The highest BCUT2D eigenvalue weighted by Crippen LogP contribution is 2.13. The van der Waals surface area contributed by atoms with Crippen molar-refractivity contribution in [2.45, 2.75) is 65.8 Å². The standard InChI is InChI=1S/C13H31NSi2/c1-8-13(4)14-9-10-15(11-12(2)3)16(5,6)7/h11,13-15H,8-10H2,1-7H3. The van der Waals surface area contributed by atoms with E-state index in [1.807, 2.05) is 0 Å². The molecule has 0 aliphatic heterocycles. The fourth-order valence-electron chi connectivity index (χ4n) is 1.80. The zero-order valence-corrected chi connectivity index (χ0v) is 14.5. The molecule has 0 aromatic heterocycles. The molecule has 0 amide bonds. The molecule has 0 aromatic carbocycles. The van der Waals surface area contributed by atoms with Crippen LogP contribution in [0.3, 0.4) is 0 Å². The normalized spacial score (nSPS) is 15.7. The van der Waals surface area contributed by atoms with Crippen LogP contribution in [0.25, 0.3) is 0 Å².